The predicted molar refractivity (Wildman–Crippen MR) is 98.8 cm³/mol. The summed E-state index contributed by atoms with van der Waals surface area (Å²) in [5.41, 5.74) is 1.12. The molecule has 0 radical (unpaired) electrons. The minimum absolute atomic E-state index is 0.256. The van der Waals surface area contributed by atoms with E-state index < -0.39 is 6.04 Å². The van der Waals surface area contributed by atoms with Crippen LogP contribution in [0.4, 0.5) is 5.69 Å². The smallest absolute Gasteiger partial charge is 0.255 e. The van der Waals surface area contributed by atoms with Gasteiger partial charge in [0.05, 0.1) is 11.8 Å². The van der Waals surface area contributed by atoms with Crippen LogP contribution in [0, 0.1) is 0 Å². The molecule has 2 aromatic rings. The van der Waals surface area contributed by atoms with Gasteiger partial charge < -0.3 is 15.1 Å². The second kappa shape index (κ2) is 8.25. The van der Waals surface area contributed by atoms with Gasteiger partial charge in [0.1, 0.15) is 12.3 Å². The molecule has 1 aliphatic rings. The normalized spacial score (nSPS) is 15.7. The molecule has 1 fully saturated rings. The number of rotatable bonds is 6. The third kappa shape index (κ3) is 4.89. The molecule has 3 rings (SSSR count). The van der Waals surface area contributed by atoms with E-state index in [0.717, 1.165) is 10.9 Å². The number of thioether (sulfide) groups is 1. The number of amides is 2. The molecule has 1 aromatic carbocycles. The number of anilines is 1. The van der Waals surface area contributed by atoms with Crippen molar-refractivity contribution in [3.05, 3.63) is 48.4 Å². The molecule has 1 heterocycles. The van der Waals surface area contributed by atoms with Crippen LogP contribution in [0.25, 0.3) is 0 Å². The molecule has 1 aromatic heterocycles. The maximum atomic E-state index is 12.2. The van der Waals surface area contributed by atoms with Crippen LogP contribution in [-0.4, -0.2) is 23.1 Å². The molecular formula is C19H22N2O3S. The first-order valence-corrected chi connectivity index (χ1v) is 9.40. The molecule has 2 amide bonds. The summed E-state index contributed by atoms with van der Waals surface area (Å²) >= 11 is 1.91. The van der Waals surface area contributed by atoms with Crippen LogP contribution in [0.3, 0.4) is 0 Å². The van der Waals surface area contributed by atoms with Crippen LogP contribution >= 0.6 is 11.8 Å². The zero-order valence-electron chi connectivity index (χ0n) is 14.2. The molecule has 1 aliphatic carbocycles. The summed E-state index contributed by atoms with van der Waals surface area (Å²) in [5.74, 6) is -0.590. The van der Waals surface area contributed by atoms with E-state index in [4.69, 9.17) is 4.42 Å². The van der Waals surface area contributed by atoms with E-state index in [1.54, 1.807) is 13.0 Å². The van der Waals surface area contributed by atoms with Gasteiger partial charge in [-0.3, -0.25) is 9.59 Å². The number of hydrogen-bond donors (Lipinski definition) is 2. The molecule has 0 spiro atoms. The fraction of sp³-hybridized carbons (Fsp3) is 0.368. The van der Waals surface area contributed by atoms with E-state index in [9.17, 15) is 9.59 Å². The molecule has 132 valence electrons. The van der Waals surface area contributed by atoms with Gasteiger partial charge >= 0.3 is 0 Å². The fourth-order valence-corrected chi connectivity index (χ4v) is 4.05. The van der Waals surface area contributed by atoms with Crippen LogP contribution in [-0.2, 0) is 4.79 Å². The molecule has 0 bridgehead atoms. The number of carbonyl (C=O) groups excluding carboxylic acids is 2. The van der Waals surface area contributed by atoms with Gasteiger partial charge in [-0.2, -0.15) is 0 Å². The van der Waals surface area contributed by atoms with Gasteiger partial charge in [0.2, 0.25) is 5.91 Å². The third-order valence-electron chi connectivity index (χ3n) is 4.25. The maximum absolute atomic E-state index is 12.2. The Morgan fingerprint density at radius 1 is 1.16 bits per heavy atom. The van der Waals surface area contributed by atoms with E-state index in [0.29, 0.717) is 5.56 Å². The molecule has 2 N–H and O–H groups in total. The Morgan fingerprint density at radius 3 is 2.52 bits per heavy atom. The monoisotopic (exact) mass is 358 g/mol. The van der Waals surface area contributed by atoms with Crippen LogP contribution in [0.2, 0.25) is 0 Å². The van der Waals surface area contributed by atoms with Gasteiger partial charge in [-0.1, -0.05) is 12.8 Å². The molecule has 0 saturated heterocycles. The van der Waals surface area contributed by atoms with Gasteiger partial charge in [-0.15, -0.1) is 11.8 Å². The molecule has 0 aliphatic heterocycles. The van der Waals surface area contributed by atoms with E-state index in [1.165, 1.54) is 43.1 Å². The topological polar surface area (TPSA) is 71.3 Å². The average Bonchev–Trinajstić information content (AvgIpc) is 3.30. The molecule has 6 heteroatoms. The Labute approximate surface area is 151 Å². The highest BCUT2D eigenvalue weighted by Gasteiger charge is 2.18. The summed E-state index contributed by atoms with van der Waals surface area (Å²) in [5, 5.41) is 6.19. The summed E-state index contributed by atoms with van der Waals surface area (Å²) in [6.45, 7) is 1.65. The lowest BCUT2D eigenvalue weighted by molar-refractivity contribution is -0.117. The molecule has 25 heavy (non-hydrogen) atoms. The van der Waals surface area contributed by atoms with Gasteiger partial charge in [-0.25, -0.2) is 0 Å². The minimum atomic E-state index is -0.644. The molecule has 5 nitrogen and oxygen atoms in total. The molecule has 1 atom stereocenters. The number of hydrogen-bond acceptors (Lipinski definition) is 4. The minimum Gasteiger partial charge on any atom is -0.472 e. The lowest BCUT2D eigenvalue weighted by atomic mass is 10.2. The average molecular weight is 358 g/mol. The highest BCUT2D eigenvalue weighted by Crippen LogP contribution is 2.34. The first-order valence-electron chi connectivity index (χ1n) is 8.52. The summed E-state index contributed by atoms with van der Waals surface area (Å²) in [7, 11) is 0. The van der Waals surface area contributed by atoms with Crippen molar-refractivity contribution in [1.82, 2.24) is 5.32 Å². The standard InChI is InChI=1S/C19H22N2O3S/c1-13(20-19(23)14-10-11-24-12-14)18(22)21-15-6-8-17(9-7-15)25-16-4-2-3-5-16/h6-13,16H,2-5H2,1H3,(H,20,23)(H,21,22). The highest BCUT2D eigenvalue weighted by molar-refractivity contribution is 8.00. The van der Waals surface area contributed by atoms with E-state index in [2.05, 4.69) is 10.6 Å². The maximum Gasteiger partial charge on any atom is 0.255 e. The summed E-state index contributed by atoms with van der Waals surface area (Å²) in [6, 6.07) is 8.79. The van der Waals surface area contributed by atoms with Crippen molar-refractivity contribution in [3.63, 3.8) is 0 Å². The first-order chi connectivity index (χ1) is 12.1. The number of nitrogens with one attached hydrogen (secondary N) is 2. The lowest BCUT2D eigenvalue weighted by Crippen LogP contribution is -2.41. The second-order valence-electron chi connectivity index (χ2n) is 6.25. The SMILES string of the molecule is CC(NC(=O)c1ccoc1)C(=O)Nc1ccc(SC2CCCC2)cc1. The van der Waals surface area contributed by atoms with Crippen LogP contribution < -0.4 is 10.6 Å². The lowest BCUT2D eigenvalue weighted by Gasteiger charge is -2.14. The van der Waals surface area contributed by atoms with Crippen molar-refractivity contribution in [1.29, 1.82) is 0 Å². The first kappa shape index (κ1) is 17.6. The Morgan fingerprint density at radius 2 is 1.88 bits per heavy atom. The van der Waals surface area contributed by atoms with Gasteiger partial charge in [0.15, 0.2) is 0 Å². The Balaban J connectivity index is 1.50. The van der Waals surface area contributed by atoms with E-state index >= 15 is 0 Å². The number of carbonyl (C=O) groups is 2. The number of furan rings is 1. The molecule has 1 saturated carbocycles. The Bertz CT molecular complexity index is 707. The van der Waals surface area contributed by atoms with Crippen molar-refractivity contribution < 1.29 is 14.0 Å². The van der Waals surface area contributed by atoms with E-state index in [-0.39, 0.29) is 11.8 Å². The largest absolute Gasteiger partial charge is 0.472 e. The van der Waals surface area contributed by atoms with Crippen molar-refractivity contribution in [3.8, 4) is 0 Å². The van der Waals surface area contributed by atoms with Crippen LogP contribution in [0.5, 0.6) is 0 Å². The quantitative estimate of drug-likeness (QED) is 0.816. The van der Waals surface area contributed by atoms with Crippen molar-refractivity contribution in [2.24, 2.45) is 0 Å². The zero-order chi connectivity index (χ0) is 17.6. The summed E-state index contributed by atoms with van der Waals surface area (Å²) in [6.07, 6.45) is 8.00. The van der Waals surface area contributed by atoms with E-state index in [1.807, 2.05) is 36.0 Å². The number of benzene rings is 1. The van der Waals surface area contributed by atoms with Crippen LogP contribution in [0.15, 0.2) is 52.2 Å². The zero-order valence-corrected chi connectivity index (χ0v) is 15.0. The Kier molecular flexibility index (Phi) is 5.81. The second-order valence-corrected chi connectivity index (χ2v) is 7.62. The van der Waals surface area contributed by atoms with Crippen molar-refractivity contribution in [2.75, 3.05) is 5.32 Å². The third-order valence-corrected chi connectivity index (χ3v) is 5.60. The Hall–Kier alpha value is -2.21. The van der Waals surface area contributed by atoms with Gasteiger partial charge in [-0.05, 0) is 50.1 Å². The molecular weight excluding hydrogens is 336 g/mol. The predicted octanol–water partition coefficient (Wildman–Crippen LogP) is 4.07. The van der Waals surface area contributed by atoms with Gasteiger partial charge in [0.25, 0.3) is 5.91 Å². The molecule has 1 unspecified atom stereocenters. The fourth-order valence-electron chi connectivity index (χ4n) is 2.81. The summed E-state index contributed by atoms with van der Waals surface area (Å²) < 4.78 is 4.87. The highest BCUT2D eigenvalue weighted by atomic mass is 32.2. The van der Waals surface area contributed by atoms with Crippen molar-refractivity contribution >= 4 is 29.3 Å². The summed E-state index contributed by atoms with van der Waals surface area (Å²) in [4.78, 5) is 25.4. The van der Waals surface area contributed by atoms with Crippen molar-refractivity contribution in [2.45, 2.75) is 48.8 Å². The van der Waals surface area contributed by atoms with Gasteiger partial charge in [0, 0.05) is 15.8 Å². The van der Waals surface area contributed by atoms with Crippen LogP contribution in [0.1, 0.15) is 43.0 Å².